The lowest BCUT2D eigenvalue weighted by Crippen LogP contribution is -2.08. The van der Waals surface area contributed by atoms with Gasteiger partial charge >= 0.3 is 0 Å². The first-order valence-corrected chi connectivity index (χ1v) is 7.04. The van der Waals surface area contributed by atoms with E-state index in [9.17, 15) is 18.3 Å². The van der Waals surface area contributed by atoms with Crippen LogP contribution in [-0.2, 0) is 0 Å². The molecule has 0 radical (unpaired) electrons. The average Bonchev–Trinajstić information content (AvgIpc) is 2.30. The van der Waals surface area contributed by atoms with E-state index in [2.05, 4.69) is 15.9 Å². The zero-order valence-electron chi connectivity index (χ0n) is 9.30. The molecule has 19 heavy (non-hydrogen) atoms. The molecule has 0 saturated heterocycles. The van der Waals surface area contributed by atoms with Gasteiger partial charge in [-0.2, -0.15) is 0 Å². The zero-order valence-corrected chi connectivity index (χ0v) is 13.0. The Hall–Kier alpha value is -0.600. The summed E-state index contributed by atoms with van der Waals surface area (Å²) in [5.41, 5.74) is -0.211. The van der Waals surface area contributed by atoms with Crippen molar-refractivity contribution in [2.45, 2.75) is 6.10 Å². The van der Waals surface area contributed by atoms with E-state index in [0.717, 1.165) is 0 Å². The van der Waals surface area contributed by atoms with E-state index in [0.29, 0.717) is 25.7 Å². The van der Waals surface area contributed by atoms with E-state index in [-0.39, 0.29) is 0 Å². The van der Waals surface area contributed by atoms with Gasteiger partial charge in [0, 0.05) is 20.2 Å². The van der Waals surface area contributed by atoms with Crippen molar-refractivity contribution in [3.63, 3.8) is 0 Å². The van der Waals surface area contributed by atoms with E-state index in [1.165, 1.54) is 0 Å². The molecule has 100 valence electrons. The lowest BCUT2D eigenvalue weighted by molar-refractivity contribution is 0.207. The third kappa shape index (κ3) is 3.11. The summed E-state index contributed by atoms with van der Waals surface area (Å²) in [6, 6.07) is 6.10. The molecule has 0 saturated carbocycles. The van der Waals surface area contributed by atoms with Crippen LogP contribution in [0.1, 0.15) is 17.2 Å². The van der Waals surface area contributed by atoms with Crippen molar-refractivity contribution in [2.24, 2.45) is 0 Å². The van der Waals surface area contributed by atoms with Gasteiger partial charge in [0.1, 0.15) is 23.6 Å². The summed E-state index contributed by atoms with van der Waals surface area (Å²) in [7, 11) is 0. The Morgan fingerprint density at radius 1 is 1.05 bits per heavy atom. The molecule has 1 nitrogen and oxygen atoms in total. The van der Waals surface area contributed by atoms with E-state index < -0.39 is 29.1 Å². The van der Waals surface area contributed by atoms with Crippen LogP contribution in [0.3, 0.4) is 0 Å². The number of rotatable bonds is 2. The van der Waals surface area contributed by atoms with Gasteiger partial charge in [0.05, 0.1) is 5.56 Å². The topological polar surface area (TPSA) is 20.2 Å². The van der Waals surface area contributed by atoms with Gasteiger partial charge in [-0.1, -0.05) is 15.9 Å². The molecule has 6 heteroatoms. The molecule has 1 atom stereocenters. The van der Waals surface area contributed by atoms with Gasteiger partial charge in [-0.05, 0) is 46.4 Å². The van der Waals surface area contributed by atoms with Crippen molar-refractivity contribution in [1.82, 2.24) is 0 Å². The van der Waals surface area contributed by atoms with E-state index in [1.807, 2.05) is 22.6 Å². The normalized spacial score (nSPS) is 12.5. The van der Waals surface area contributed by atoms with Gasteiger partial charge in [-0.25, -0.2) is 13.2 Å². The van der Waals surface area contributed by atoms with Gasteiger partial charge in [0.2, 0.25) is 0 Å². The van der Waals surface area contributed by atoms with Crippen molar-refractivity contribution < 1.29 is 18.3 Å². The highest BCUT2D eigenvalue weighted by molar-refractivity contribution is 14.1. The van der Waals surface area contributed by atoms with Crippen LogP contribution in [0.15, 0.2) is 34.8 Å². The van der Waals surface area contributed by atoms with Gasteiger partial charge in [0.25, 0.3) is 0 Å². The molecule has 2 rings (SSSR count). The molecule has 0 bridgehead atoms. The smallest absolute Gasteiger partial charge is 0.135 e. The minimum absolute atomic E-state index is 0.347. The molecule has 1 N–H and O–H groups in total. The second-order valence-electron chi connectivity index (χ2n) is 3.85. The van der Waals surface area contributed by atoms with Crippen LogP contribution in [0.25, 0.3) is 0 Å². The van der Waals surface area contributed by atoms with E-state index in [1.54, 1.807) is 18.2 Å². The summed E-state index contributed by atoms with van der Waals surface area (Å²) in [4.78, 5) is 0. The molecule has 0 spiro atoms. The first kappa shape index (κ1) is 14.8. The second-order valence-corrected chi connectivity index (χ2v) is 5.93. The maximum Gasteiger partial charge on any atom is 0.135 e. The van der Waals surface area contributed by atoms with Crippen molar-refractivity contribution in [3.05, 3.63) is 67.0 Å². The molecule has 0 fully saturated rings. The van der Waals surface area contributed by atoms with Crippen LogP contribution < -0.4 is 0 Å². The fourth-order valence-corrected chi connectivity index (χ4v) is 2.70. The molecule has 0 heterocycles. The van der Waals surface area contributed by atoms with Crippen molar-refractivity contribution in [3.8, 4) is 0 Å². The molecule has 0 aliphatic heterocycles. The Morgan fingerprint density at radius 3 is 2.21 bits per heavy atom. The number of aliphatic hydroxyl groups excluding tert-OH is 1. The van der Waals surface area contributed by atoms with Gasteiger partial charge in [-0.15, -0.1) is 0 Å². The van der Waals surface area contributed by atoms with Crippen LogP contribution >= 0.6 is 38.5 Å². The van der Waals surface area contributed by atoms with E-state index >= 15 is 0 Å². The number of hydrogen-bond donors (Lipinski definition) is 1. The summed E-state index contributed by atoms with van der Waals surface area (Å²) in [6.07, 6.45) is -1.50. The minimum Gasteiger partial charge on any atom is -0.383 e. The van der Waals surface area contributed by atoms with Gasteiger partial charge in [-0.3, -0.25) is 0 Å². The molecule has 2 aromatic carbocycles. The molecule has 0 amide bonds. The quantitative estimate of drug-likeness (QED) is 0.676. The summed E-state index contributed by atoms with van der Waals surface area (Å²) < 4.78 is 41.4. The Kier molecular flexibility index (Phi) is 4.52. The highest BCUT2D eigenvalue weighted by Crippen LogP contribution is 2.31. The molecule has 0 aliphatic rings. The predicted molar refractivity (Wildman–Crippen MR) is 77.2 cm³/mol. The van der Waals surface area contributed by atoms with Gasteiger partial charge in [0.15, 0.2) is 0 Å². The third-order valence-electron chi connectivity index (χ3n) is 2.57. The number of benzene rings is 2. The second kappa shape index (κ2) is 5.80. The maximum absolute atomic E-state index is 13.6. The fourth-order valence-electron chi connectivity index (χ4n) is 1.69. The summed E-state index contributed by atoms with van der Waals surface area (Å²) in [5, 5.41) is 10.1. The first-order valence-electron chi connectivity index (χ1n) is 5.17. The molecule has 0 aromatic heterocycles. The highest BCUT2D eigenvalue weighted by Gasteiger charge is 2.22. The van der Waals surface area contributed by atoms with Crippen molar-refractivity contribution in [2.75, 3.05) is 0 Å². The Bertz CT molecular complexity index is 610. The van der Waals surface area contributed by atoms with Crippen molar-refractivity contribution >= 4 is 38.5 Å². The number of hydrogen-bond acceptors (Lipinski definition) is 1. The molecule has 0 aliphatic carbocycles. The lowest BCUT2D eigenvalue weighted by Gasteiger charge is -2.15. The number of aliphatic hydroxyl groups is 1. The van der Waals surface area contributed by atoms with Crippen molar-refractivity contribution in [1.29, 1.82) is 0 Å². The summed E-state index contributed by atoms with van der Waals surface area (Å²) in [5.74, 6) is -3.24. The van der Waals surface area contributed by atoms with Crippen LogP contribution in [0.5, 0.6) is 0 Å². The maximum atomic E-state index is 13.6. The lowest BCUT2D eigenvalue weighted by atomic mass is 10.0. The largest absolute Gasteiger partial charge is 0.383 e. The Balaban J connectivity index is 2.56. The standard InChI is InChI=1S/C13H7BrF3IO/c14-6-1-2-11(18)8(3-6)13(19)12-9(16)4-7(15)5-10(12)17/h1-5,13,19H. The predicted octanol–water partition coefficient (Wildman–Crippen LogP) is 4.55. The SMILES string of the molecule is OC(c1cc(Br)ccc1I)c1c(F)cc(F)cc1F. The van der Waals surface area contributed by atoms with Crippen LogP contribution in [0, 0.1) is 21.0 Å². The third-order valence-corrected chi connectivity index (χ3v) is 4.05. The van der Waals surface area contributed by atoms with Crippen LogP contribution in [-0.4, -0.2) is 5.11 Å². The molecular weight excluding hydrogens is 436 g/mol. The monoisotopic (exact) mass is 442 g/mol. The molecular formula is C13H7BrF3IO. The van der Waals surface area contributed by atoms with E-state index in [4.69, 9.17) is 0 Å². The highest BCUT2D eigenvalue weighted by atomic mass is 127. The fraction of sp³-hybridized carbons (Fsp3) is 0.0769. The Morgan fingerprint density at radius 2 is 1.63 bits per heavy atom. The van der Waals surface area contributed by atoms with Gasteiger partial charge < -0.3 is 5.11 Å². The number of halogens is 5. The molecule has 2 aromatic rings. The average molecular weight is 443 g/mol. The van der Waals surface area contributed by atoms with Crippen LogP contribution in [0.2, 0.25) is 0 Å². The summed E-state index contributed by atoms with van der Waals surface area (Å²) in [6.45, 7) is 0. The first-order chi connectivity index (χ1) is 8.90. The van der Waals surface area contributed by atoms with Crippen LogP contribution in [0.4, 0.5) is 13.2 Å². The minimum atomic E-state index is -1.50. The Labute approximate surface area is 129 Å². The zero-order chi connectivity index (χ0) is 14.2. The molecule has 1 unspecified atom stereocenters. The summed E-state index contributed by atoms with van der Waals surface area (Å²) >= 11 is 5.17.